The number of carbonyl (C=O) groups excluding carboxylic acids is 1. The third-order valence-electron chi connectivity index (χ3n) is 3.29. The second-order valence-corrected chi connectivity index (χ2v) is 6.86. The van der Waals surface area contributed by atoms with Crippen molar-refractivity contribution in [1.82, 2.24) is 4.98 Å². The number of fused-ring (bicyclic) bond motifs is 1. The average molecular weight is 389 g/mol. The fourth-order valence-corrected chi connectivity index (χ4v) is 3.75. The van der Waals surface area contributed by atoms with Crippen LogP contribution in [0.4, 0.5) is 5.13 Å². The second-order valence-electron chi connectivity index (χ2n) is 4.86. The van der Waals surface area contributed by atoms with Gasteiger partial charge in [0.05, 0.1) is 5.69 Å². The lowest BCUT2D eigenvalue weighted by Crippen LogP contribution is -2.27. The van der Waals surface area contributed by atoms with Crippen molar-refractivity contribution in [2.45, 2.75) is 25.3 Å². The number of nitrogens with zero attached hydrogens (tertiary/aromatic N) is 1. The van der Waals surface area contributed by atoms with E-state index in [-0.39, 0.29) is 24.4 Å². The van der Waals surface area contributed by atoms with Crippen molar-refractivity contribution < 1.29 is 4.79 Å². The molecule has 1 aliphatic carbocycles. The molecule has 0 radical (unpaired) electrons. The van der Waals surface area contributed by atoms with Crippen molar-refractivity contribution in [2.75, 3.05) is 5.32 Å². The van der Waals surface area contributed by atoms with Crippen LogP contribution in [0.2, 0.25) is 0 Å². The minimum absolute atomic E-state index is 0. The normalized spacial score (nSPS) is 16.8. The molecule has 0 bridgehead atoms. The highest BCUT2D eigenvalue weighted by atomic mass is 79.9. The molecule has 1 heterocycles. The lowest BCUT2D eigenvalue weighted by molar-refractivity contribution is 0.102. The highest BCUT2D eigenvalue weighted by molar-refractivity contribution is 9.10. The first-order valence-electron chi connectivity index (χ1n) is 6.43. The third-order valence-corrected chi connectivity index (χ3v) is 4.81. The van der Waals surface area contributed by atoms with Crippen LogP contribution in [-0.4, -0.2) is 16.9 Å². The van der Waals surface area contributed by atoms with Gasteiger partial charge in [0.25, 0.3) is 5.91 Å². The molecule has 0 fully saturated rings. The van der Waals surface area contributed by atoms with Crippen molar-refractivity contribution in [3.8, 4) is 0 Å². The number of benzene rings is 1. The Morgan fingerprint density at radius 3 is 3.05 bits per heavy atom. The summed E-state index contributed by atoms with van der Waals surface area (Å²) in [5, 5.41) is 3.53. The number of nitrogens with two attached hydrogens (primary N) is 1. The Bertz CT molecular complexity index is 661. The quantitative estimate of drug-likeness (QED) is 0.828. The predicted molar refractivity (Wildman–Crippen MR) is 91.5 cm³/mol. The number of nitrogens with one attached hydrogen (secondary N) is 1. The number of aryl methyl sites for hydroxylation is 1. The molecule has 112 valence electrons. The molecule has 0 saturated carbocycles. The van der Waals surface area contributed by atoms with E-state index < -0.39 is 0 Å². The highest BCUT2D eigenvalue weighted by Crippen LogP contribution is 2.29. The summed E-state index contributed by atoms with van der Waals surface area (Å²) in [6.45, 7) is 0. The van der Waals surface area contributed by atoms with Crippen LogP contribution in [-0.2, 0) is 12.8 Å². The Labute approximate surface area is 141 Å². The first-order chi connectivity index (χ1) is 9.61. The molecule has 1 aliphatic rings. The molecule has 0 saturated heterocycles. The van der Waals surface area contributed by atoms with Gasteiger partial charge in [0.1, 0.15) is 0 Å². The van der Waals surface area contributed by atoms with E-state index >= 15 is 0 Å². The van der Waals surface area contributed by atoms with E-state index in [1.165, 1.54) is 16.2 Å². The van der Waals surface area contributed by atoms with Gasteiger partial charge in [-0.15, -0.1) is 23.7 Å². The molecule has 4 nitrogen and oxygen atoms in total. The minimum Gasteiger partial charge on any atom is -0.327 e. The first kappa shape index (κ1) is 16.4. The monoisotopic (exact) mass is 387 g/mol. The maximum atomic E-state index is 12.2. The lowest BCUT2D eigenvalue weighted by Gasteiger charge is -2.15. The molecule has 1 amide bonds. The summed E-state index contributed by atoms with van der Waals surface area (Å²) in [5.41, 5.74) is 7.65. The maximum absolute atomic E-state index is 12.2. The molecular weight excluding hydrogens is 374 g/mol. The maximum Gasteiger partial charge on any atom is 0.257 e. The smallest absolute Gasteiger partial charge is 0.257 e. The van der Waals surface area contributed by atoms with Crippen LogP contribution >= 0.6 is 39.7 Å². The van der Waals surface area contributed by atoms with Crippen LogP contribution in [0.1, 0.15) is 27.3 Å². The number of aromatic nitrogens is 1. The molecule has 7 heteroatoms. The molecule has 1 aromatic heterocycles. The van der Waals surface area contributed by atoms with Crippen LogP contribution in [0, 0.1) is 0 Å². The number of halogens is 2. The molecule has 3 N–H and O–H groups in total. The van der Waals surface area contributed by atoms with Gasteiger partial charge in [-0.25, -0.2) is 4.98 Å². The highest BCUT2D eigenvalue weighted by Gasteiger charge is 2.20. The van der Waals surface area contributed by atoms with E-state index in [4.69, 9.17) is 5.73 Å². The SMILES string of the molecule is Cl.N[C@H]1CCc2nc(NC(=O)c3cccc(Br)c3)sc2C1. The summed E-state index contributed by atoms with van der Waals surface area (Å²) in [7, 11) is 0. The molecule has 21 heavy (non-hydrogen) atoms. The van der Waals surface area contributed by atoms with E-state index in [1.807, 2.05) is 12.1 Å². The van der Waals surface area contributed by atoms with E-state index in [2.05, 4.69) is 26.2 Å². The zero-order chi connectivity index (χ0) is 14.1. The van der Waals surface area contributed by atoms with E-state index in [1.54, 1.807) is 12.1 Å². The largest absolute Gasteiger partial charge is 0.327 e. The molecule has 0 spiro atoms. The minimum atomic E-state index is -0.137. The zero-order valence-corrected chi connectivity index (χ0v) is 14.4. The van der Waals surface area contributed by atoms with Crippen molar-refractivity contribution in [3.05, 3.63) is 44.9 Å². The van der Waals surface area contributed by atoms with E-state index in [0.717, 1.165) is 29.4 Å². The van der Waals surface area contributed by atoms with Crippen molar-refractivity contribution in [2.24, 2.45) is 5.73 Å². The topological polar surface area (TPSA) is 68.0 Å². The van der Waals surface area contributed by atoms with Crippen LogP contribution in [0.15, 0.2) is 28.7 Å². The van der Waals surface area contributed by atoms with Gasteiger partial charge in [-0.2, -0.15) is 0 Å². The van der Waals surface area contributed by atoms with Crippen LogP contribution in [0.5, 0.6) is 0 Å². The number of anilines is 1. The van der Waals surface area contributed by atoms with Gasteiger partial charge in [-0.1, -0.05) is 22.0 Å². The Kier molecular flexibility index (Phi) is 5.37. The number of thiazole rings is 1. The van der Waals surface area contributed by atoms with Gasteiger partial charge in [-0.05, 0) is 37.5 Å². The number of rotatable bonds is 2. The Morgan fingerprint density at radius 2 is 2.29 bits per heavy atom. The summed E-state index contributed by atoms with van der Waals surface area (Å²) in [4.78, 5) is 17.8. The molecule has 0 aliphatic heterocycles. The molecular formula is C14H15BrClN3OS. The van der Waals surface area contributed by atoms with Gasteiger partial charge in [0.15, 0.2) is 5.13 Å². The standard InChI is InChI=1S/C14H14BrN3OS.ClH/c15-9-3-1-2-8(6-9)13(19)18-14-17-11-5-4-10(16)7-12(11)20-14;/h1-3,6,10H,4-5,7,16H2,(H,17,18,19);1H/t10-;/m0./s1. The number of amides is 1. The first-order valence-corrected chi connectivity index (χ1v) is 8.04. The molecule has 1 aromatic carbocycles. The average Bonchev–Trinajstić information content (AvgIpc) is 2.80. The fraction of sp³-hybridized carbons (Fsp3) is 0.286. The Morgan fingerprint density at radius 1 is 1.48 bits per heavy atom. The molecule has 1 atom stereocenters. The van der Waals surface area contributed by atoms with Crippen LogP contribution < -0.4 is 11.1 Å². The summed E-state index contributed by atoms with van der Waals surface area (Å²) in [5.74, 6) is -0.137. The van der Waals surface area contributed by atoms with Gasteiger partial charge >= 0.3 is 0 Å². The molecule has 3 rings (SSSR count). The van der Waals surface area contributed by atoms with Crippen molar-refractivity contribution in [3.63, 3.8) is 0 Å². The van der Waals surface area contributed by atoms with Gasteiger partial charge in [0.2, 0.25) is 0 Å². The third kappa shape index (κ3) is 3.83. The van der Waals surface area contributed by atoms with Gasteiger partial charge in [0, 0.05) is 21.0 Å². The molecule has 0 unspecified atom stereocenters. The van der Waals surface area contributed by atoms with E-state index in [0.29, 0.717) is 10.7 Å². The Balaban J connectivity index is 0.00000161. The fourth-order valence-electron chi connectivity index (χ4n) is 2.25. The summed E-state index contributed by atoms with van der Waals surface area (Å²) in [6.07, 6.45) is 2.73. The Hall–Kier alpha value is -0.950. The lowest BCUT2D eigenvalue weighted by atomic mass is 9.99. The van der Waals surface area contributed by atoms with Crippen LogP contribution in [0.25, 0.3) is 0 Å². The number of carbonyl (C=O) groups is 1. The van der Waals surface area contributed by atoms with Crippen molar-refractivity contribution in [1.29, 1.82) is 0 Å². The second kappa shape index (κ2) is 6.87. The summed E-state index contributed by atoms with van der Waals surface area (Å²) < 4.78 is 0.884. The zero-order valence-electron chi connectivity index (χ0n) is 11.1. The van der Waals surface area contributed by atoms with Gasteiger partial charge in [-0.3, -0.25) is 10.1 Å². The van der Waals surface area contributed by atoms with E-state index in [9.17, 15) is 4.79 Å². The number of hydrogen-bond acceptors (Lipinski definition) is 4. The summed E-state index contributed by atoms with van der Waals surface area (Å²) >= 11 is 4.89. The van der Waals surface area contributed by atoms with Crippen molar-refractivity contribution >= 4 is 50.7 Å². The summed E-state index contributed by atoms with van der Waals surface area (Å²) in [6, 6.07) is 7.52. The molecule has 2 aromatic rings. The van der Waals surface area contributed by atoms with Gasteiger partial charge < -0.3 is 5.73 Å². The predicted octanol–water partition coefficient (Wildman–Crippen LogP) is 3.40. The number of hydrogen-bond donors (Lipinski definition) is 2. The van der Waals surface area contributed by atoms with Crippen LogP contribution in [0.3, 0.4) is 0 Å².